The van der Waals surface area contributed by atoms with Crippen molar-refractivity contribution in [2.45, 2.75) is 38.6 Å². The summed E-state index contributed by atoms with van der Waals surface area (Å²) in [6.45, 7) is 3.01. The van der Waals surface area contributed by atoms with Crippen LogP contribution in [0.4, 0.5) is 0 Å². The van der Waals surface area contributed by atoms with E-state index in [1.54, 1.807) is 20.3 Å². The quantitative estimate of drug-likeness (QED) is 0.781. The number of carbonyl (C=O) groups excluding carboxylic acids is 1. The van der Waals surface area contributed by atoms with Crippen molar-refractivity contribution in [2.24, 2.45) is 0 Å². The SMILES string of the molecule is CCC1CCCCN1C(=O)/C=C/c1ccc(OC)cc1OC. The lowest BCUT2D eigenvalue weighted by molar-refractivity contribution is -0.129. The Labute approximate surface area is 132 Å². The number of rotatable bonds is 5. The van der Waals surface area contributed by atoms with Crippen LogP contribution in [0.1, 0.15) is 38.2 Å². The van der Waals surface area contributed by atoms with Crippen molar-refractivity contribution in [3.63, 3.8) is 0 Å². The molecule has 1 saturated heterocycles. The zero-order valence-corrected chi connectivity index (χ0v) is 13.7. The minimum atomic E-state index is 0.0874. The fourth-order valence-corrected chi connectivity index (χ4v) is 2.93. The molecule has 120 valence electrons. The number of carbonyl (C=O) groups is 1. The molecular weight excluding hydrogens is 278 g/mol. The Morgan fingerprint density at radius 1 is 1.32 bits per heavy atom. The molecule has 0 saturated carbocycles. The van der Waals surface area contributed by atoms with Crippen LogP contribution in [0, 0.1) is 0 Å². The van der Waals surface area contributed by atoms with E-state index in [9.17, 15) is 4.79 Å². The van der Waals surface area contributed by atoms with Gasteiger partial charge in [-0.05, 0) is 43.9 Å². The molecule has 1 fully saturated rings. The fourth-order valence-electron chi connectivity index (χ4n) is 2.93. The molecule has 0 N–H and O–H groups in total. The molecule has 1 atom stereocenters. The number of hydrogen-bond acceptors (Lipinski definition) is 3. The van der Waals surface area contributed by atoms with Gasteiger partial charge in [0.25, 0.3) is 0 Å². The maximum absolute atomic E-state index is 12.4. The largest absolute Gasteiger partial charge is 0.497 e. The molecule has 1 aromatic rings. The number of likely N-dealkylation sites (tertiary alicyclic amines) is 1. The van der Waals surface area contributed by atoms with Gasteiger partial charge in [-0.25, -0.2) is 0 Å². The molecule has 1 aliphatic rings. The third-order valence-corrected chi connectivity index (χ3v) is 4.23. The summed E-state index contributed by atoms with van der Waals surface area (Å²) in [4.78, 5) is 14.4. The average molecular weight is 303 g/mol. The number of methoxy groups -OCH3 is 2. The van der Waals surface area contributed by atoms with Crippen molar-refractivity contribution in [2.75, 3.05) is 20.8 Å². The predicted octanol–water partition coefficient (Wildman–Crippen LogP) is 3.51. The molecule has 1 amide bonds. The highest BCUT2D eigenvalue weighted by Gasteiger charge is 2.23. The van der Waals surface area contributed by atoms with Gasteiger partial charge in [0.05, 0.1) is 14.2 Å². The topological polar surface area (TPSA) is 38.8 Å². The molecule has 4 nitrogen and oxygen atoms in total. The zero-order valence-electron chi connectivity index (χ0n) is 13.7. The number of amides is 1. The van der Waals surface area contributed by atoms with E-state index in [4.69, 9.17) is 9.47 Å². The van der Waals surface area contributed by atoms with Gasteiger partial charge >= 0.3 is 0 Å². The van der Waals surface area contributed by atoms with Crippen LogP contribution in [0.3, 0.4) is 0 Å². The van der Waals surface area contributed by atoms with E-state index in [0.717, 1.165) is 37.1 Å². The molecule has 2 rings (SSSR count). The predicted molar refractivity (Wildman–Crippen MR) is 88.2 cm³/mol. The highest BCUT2D eigenvalue weighted by Crippen LogP contribution is 2.26. The van der Waals surface area contributed by atoms with Gasteiger partial charge in [-0.3, -0.25) is 4.79 Å². The van der Waals surface area contributed by atoms with Crippen molar-refractivity contribution < 1.29 is 14.3 Å². The third-order valence-electron chi connectivity index (χ3n) is 4.23. The molecule has 0 bridgehead atoms. The Morgan fingerprint density at radius 2 is 2.14 bits per heavy atom. The Morgan fingerprint density at radius 3 is 2.82 bits per heavy atom. The van der Waals surface area contributed by atoms with Crippen LogP contribution in [0.2, 0.25) is 0 Å². The molecule has 0 spiro atoms. The summed E-state index contributed by atoms with van der Waals surface area (Å²) in [7, 11) is 3.24. The van der Waals surface area contributed by atoms with Crippen LogP contribution in [-0.2, 0) is 4.79 Å². The summed E-state index contributed by atoms with van der Waals surface area (Å²) in [6.07, 6.45) is 7.92. The first-order chi connectivity index (χ1) is 10.7. The second-order valence-electron chi connectivity index (χ2n) is 5.53. The van der Waals surface area contributed by atoms with Crippen molar-refractivity contribution >= 4 is 12.0 Å². The molecule has 0 radical (unpaired) electrons. The van der Waals surface area contributed by atoms with Crippen LogP contribution in [0.15, 0.2) is 24.3 Å². The van der Waals surface area contributed by atoms with Crippen molar-refractivity contribution in [3.8, 4) is 11.5 Å². The second kappa shape index (κ2) is 7.87. The minimum absolute atomic E-state index is 0.0874. The molecule has 22 heavy (non-hydrogen) atoms. The number of hydrogen-bond donors (Lipinski definition) is 0. The van der Waals surface area contributed by atoms with Crippen LogP contribution < -0.4 is 9.47 Å². The monoisotopic (exact) mass is 303 g/mol. The van der Waals surface area contributed by atoms with Gasteiger partial charge in [-0.15, -0.1) is 0 Å². The Bertz CT molecular complexity index is 539. The summed E-state index contributed by atoms with van der Waals surface area (Å²) in [5.41, 5.74) is 0.877. The minimum Gasteiger partial charge on any atom is -0.497 e. The molecule has 1 unspecified atom stereocenters. The lowest BCUT2D eigenvalue weighted by atomic mass is 10.00. The second-order valence-corrected chi connectivity index (χ2v) is 5.53. The van der Waals surface area contributed by atoms with E-state index < -0.39 is 0 Å². The van der Waals surface area contributed by atoms with Gasteiger partial charge in [0.1, 0.15) is 11.5 Å². The molecule has 0 aliphatic carbocycles. The van der Waals surface area contributed by atoms with Crippen LogP contribution in [0.25, 0.3) is 6.08 Å². The van der Waals surface area contributed by atoms with Crippen molar-refractivity contribution in [3.05, 3.63) is 29.8 Å². The Balaban J connectivity index is 2.12. The van der Waals surface area contributed by atoms with Crippen molar-refractivity contribution in [1.82, 2.24) is 4.90 Å². The first-order valence-electron chi connectivity index (χ1n) is 7.90. The average Bonchev–Trinajstić information content (AvgIpc) is 2.59. The number of piperidine rings is 1. The molecule has 1 heterocycles. The number of ether oxygens (including phenoxy) is 2. The van der Waals surface area contributed by atoms with Crippen LogP contribution in [0.5, 0.6) is 11.5 Å². The molecule has 1 aliphatic heterocycles. The van der Waals surface area contributed by atoms with E-state index >= 15 is 0 Å². The van der Waals surface area contributed by atoms with Gasteiger partial charge in [0.2, 0.25) is 5.91 Å². The highest BCUT2D eigenvalue weighted by molar-refractivity contribution is 5.92. The first-order valence-corrected chi connectivity index (χ1v) is 7.90. The van der Waals surface area contributed by atoms with E-state index in [0.29, 0.717) is 11.8 Å². The smallest absolute Gasteiger partial charge is 0.246 e. The summed E-state index contributed by atoms with van der Waals surface area (Å²) in [5, 5.41) is 0. The highest BCUT2D eigenvalue weighted by atomic mass is 16.5. The van der Waals surface area contributed by atoms with E-state index in [1.165, 1.54) is 6.42 Å². The Kier molecular flexibility index (Phi) is 5.87. The molecule has 1 aromatic carbocycles. The fraction of sp³-hybridized carbons (Fsp3) is 0.500. The zero-order chi connectivity index (χ0) is 15.9. The van der Waals surface area contributed by atoms with Gasteiger partial charge in [0.15, 0.2) is 0 Å². The first kappa shape index (κ1) is 16.4. The van der Waals surface area contributed by atoms with Crippen molar-refractivity contribution in [1.29, 1.82) is 0 Å². The summed E-state index contributed by atoms with van der Waals surface area (Å²) >= 11 is 0. The van der Waals surface area contributed by atoms with Gasteiger partial charge < -0.3 is 14.4 Å². The molecular formula is C18H25NO3. The third kappa shape index (κ3) is 3.81. The lowest BCUT2D eigenvalue weighted by Gasteiger charge is -2.34. The van der Waals surface area contributed by atoms with Crippen LogP contribution >= 0.6 is 0 Å². The van der Waals surface area contributed by atoms with E-state index in [-0.39, 0.29) is 5.91 Å². The normalized spacial score (nSPS) is 18.5. The molecule has 0 aromatic heterocycles. The van der Waals surface area contributed by atoms with E-state index in [1.807, 2.05) is 29.2 Å². The standard InChI is InChI=1S/C18H25NO3/c1-4-15-7-5-6-12-19(15)18(20)11-9-14-8-10-16(21-2)13-17(14)22-3/h8-11,13,15H,4-7,12H2,1-3H3/b11-9+. The summed E-state index contributed by atoms with van der Waals surface area (Å²) in [5.74, 6) is 1.53. The lowest BCUT2D eigenvalue weighted by Crippen LogP contribution is -2.42. The van der Waals surface area contributed by atoms with Gasteiger partial charge in [-0.1, -0.05) is 6.92 Å². The molecule has 4 heteroatoms. The Hall–Kier alpha value is -1.97. The van der Waals surface area contributed by atoms with Gasteiger partial charge in [-0.2, -0.15) is 0 Å². The number of benzene rings is 1. The number of nitrogens with zero attached hydrogens (tertiary/aromatic N) is 1. The maximum Gasteiger partial charge on any atom is 0.246 e. The van der Waals surface area contributed by atoms with Gasteiger partial charge in [0, 0.05) is 30.3 Å². The summed E-state index contributed by atoms with van der Waals surface area (Å²) < 4.78 is 10.5. The maximum atomic E-state index is 12.4. The van der Waals surface area contributed by atoms with E-state index in [2.05, 4.69) is 6.92 Å². The summed E-state index contributed by atoms with van der Waals surface area (Å²) in [6, 6.07) is 5.96. The van der Waals surface area contributed by atoms with Crippen LogP contribution in [-0.4, -0.2) is 37.6 Å².